The molecule has 0 heterocycles. The van der Waals surface area contributed by atoms with Crippen LogP contribution in [0.3, 0.4) is 0 Å². The van der Waals surface area contributed by atoms with E-state index in [9.17, 15) is 12.8 Å². The Morgan fingerprint density at radius 2 is 1.94 bits per heavy atom. The van der Waals surface area contributed by atoms with Crippen LogP contribution in [0.5, 0.6) is 0 Å². The Labute approximate surface area is 98.3 Å². The molecular weight excluding hydrogens is 249 g/mol. The van der Waals surface area contributed by atoms with Crippen LogP contribution in [0.15, 0.2) is 12.1 Å². The third-order valence-corrected chi connectivity index (χ3v) is 3.62. The highest BCUT2D eigenvalue weighted by Crippen LogP contribution is 2.45. The average molecular weight is 261 g/mol. The van der Waals surface area contributed by atoms with Crippen LogP contribution in [-0.4, -0.2) is 25.7 Å². The summed E-state index contributed by atoms with van der Waals surface area (Å²) < 4.78 is 37.9. The van der Waals surface area contributed by atoms with Crippen molar-refractivity contribution in [3.8, 4) is 11.1 Å². The van der Waals surface area contributed by atoms with Gasteiger partial charge in [0.1, 0.15) is 0 Å². The minimum atomic E-state index is -3.36. The number of benzene rings is 1. The Balaban J connectivity index is 0.000000437. The van der Waals surface area contributed by atoms with Crippen LogP contribution >= 0.6 is 0 Å². The summed E-state index contributed by atoms with van der Waals surface area (Å²) in [5, 5.41) is 6.89. The number of fused-ring (bicyclic) bond motifs is 1. The van der Waals surface area contributed by atoms with Crippen molar-refractivity contribution in [1.29, 1.82) is 0 Å². The molecule has 0 amide bonds. The average Bonchev–Trinajstić information content (AvgIpc) is 2.16. The van der Waals surface area contributed by atoms with E-state index < -0.39 is 15.8 Å². The van der Waals surface area contributed by atoms with Gasteiger partial charge in [-0.1, -0.05) is 19.1 Å². The monoisotopic (exact) mass is 261 g/mol. The van der Waals surface area contributed by atoms with Crippen molar-refractivity contribution in [2.24, 2.45) is 0 Å². The van der Waals surface area contributed by atoms with Crippen LogP contribution in [0.25, 0.3) is 11.1 Å². The van der Waals surface area contributed by atoms with Crippen molar-refractivity contribution < 1.29 is 22.7 Å². The van der Waals surface area contributed by atoms with Gasteiger partial charge in [0.15, 0.2) is 5.82 Å². The molecule has 0 aromatic rings. The zero-order valence-corrected chi connectivity index (χ0v) is 9.92. The van der Waals surface area contributed by atoms with Crippen molar-refractivity contribution in [1.82, 2.24) is 0 Å². The molecule has 0 fully saturated rings. The first kappa shape index (κ1) is 13.4. The van der Waals surface area contributed by atoms with Gasteiger partial charge in [0, 0.05) is 11.1 Å². The van der Waals surface area contributed by atoms with E-state index in [4.69, 9.17) is 9.90 Å². The van der Waals surface area contributed by atoms with Gasteiger partial charge in [-0.05, 0) is 6.42 Å². The minimum Gasteiger partial charge on any atom is -0.483 e. The first-order valence-corrected chi connectivity index (χ1v) is 6.53. The third kappa shape index (κ3) is 2.73. The molecule has 0 aliphatic heterocycles. The van der Waals surface area contributed by atoms with Crippen molar-refractivity contribution in [3.05, 3.63) is 17.9 Å². The summed E-state index contributed by atoms with van der Waals surface area (Å²) in [5.74, 6) is -0.419. The van der Waals surface area contributed by atoms with Gasteiger partial charge in [0.2, 0.25) is 10.0 Å². The van der Waals surface area contributed by atoms with Crippen LogP contribution in [0.2, 0.25) is 0 Å². The standard InChI is InChI=1S/C9H10FNO2S.CH2O2/c1-2-5-14(12,13)11-9-7-4-3-6(7)8(9)10;2-1-3/h3-4,11H,2,5H2,1H3;1H,(H,2,3). The summed E-state index contributed by atoms with van der Waals surface area (Å²) in [6.07, 6.45) is 0.520. The largest absolute Gasteiger partial charge is 0.483 e. The van der Waals surface area contributed by atoms with Crippen LogP contribution in [0.1, 0.15) is 13.3 Å². The number of carbonyl (C=O) groups is 1. The predicted molar refractivity (Wildman–Crippen MR) is 61.8 cm³/mol. The fraction of sp³-hybridized carbons (Fsp3) is 0.300. The van der Waals surface area contributed by atoms with Gasteiger partial charge < -0.3 is 5.11 Å². The summed E-state index contributed by atoms with van der Waals surface area (Å²) in [6, 6.07) is 3.32. The Hall–Kier alpha value is -1.63. The highest BCUT2D eigenvalue weighted by Gasteiger charge is 2.28. The molecular formula is C10H12FNO4S. The van der Waals surface area contributed by atoms with Gasteiger partial charge in [-0.15, -0.1) is 0 Å². The second kappa shape index (κ2) is 5.13. The van der Waals surface area contributed by atoms with Gasteiger partial charge in [-0.25, -0.2) is 12.8 Å². The molecule has 0 atom stereocenters. The summed E-state index contributed by atoms with van der Waals surface area (Å²) in [5.41, 5.74) is 1.33. The van der Waals surface area contributed by atoms with Crippen molar-refractivity contribution in [2.45, 2.75) is 13.3 Å². The Morgan fingerprint density at radius 1 is 1.41 bits per heavy atom. The zero-order chi connectivity index (χ0) is 13.1. The van der Waals surface area contributed by atoms with E-state index in [1.54, 1.807) is 19.1 Å². The molecule has 0 saturated heterocycles. The fourth-order valence-corrected chi connectivity index (χ4v) is 2.57. The molecule has 2 rings (SSSR count). The van der Waals surface area contributed by atoms with Gasteiger partial charge in [0.25, 0.3) is 6.47 Å². The van der Waals surface area contributed by atoms with Gasteiger partial charge in [0.05, 0.1) is 11.4 Å². The molecule has 0 unspecified atom stereocenters. The van der Waals surface area contributed by atoms with E-state index in [2.05, 4.69) is 4.72 Å². The molecule has 0 aromatic heterocycles. The number of anilines is 1. The molecule has 2 aliphatic carbocycles. The molecule has 17 heavy (non-hydrogen) atoms. The van der Waals surface area contributed by atoms with Crippen LogP contribution in [-0.2, 0) is 14.8 Å². The van der Waals surface area contributed by atoms with Crippen LogP contribution in [0.4, 0.5) is 10.1 Å². The second-order valence-corrected chi connectivity index (χ2v) is 5.22. The maximum atomic E-state index is 13.1. The summed E-state index contributed by atoms with van der Waals surface area (Å²) >= 11 is 0. The lowest BCUT2D eigenvalue weighted by Gasteiger charge is -2.23. The fourth-order valence-electron chi connectivity index (χ4n) is 1.42. The normalized spacial score (nSPS) is 11.2. The lowest BCUT2D eigenvalue weighted by molar-refractivity contribution is -0.122. The van der Waals surface area contributed by atoms with Crippen LogP contribution in [0, 0.1) is 5.82 Å². The molecule has 0 saturated carbocycles. The molecule has 0 spiro atoms. The van der Waals surface area contributed by atoms with E-state index >= 15 is 0 Å². The minimum absolute atomic E-state index is 0.0239. The summed E-state index contributed by atoms with van der Waals surface area (Å²) in [7, 11) is -3.36. The maximum absolute atomic E-state index is 13.1. The number of rotatable bonds is 4. The van der Waals surface area contributed by atoms with E-state index in [0.29, 0.717) is 17.5 Å². The van der Waals surface area contributed by atoms with Crippen molar-refractivity contribution in [3.63, 3.8) is 0 Å². The summed E-state index contributed by atoms with van der Waals surface area (Å²) in [4.78, 5) is 8.36. The predicted octanol–water partition coefficient (Wildman–Crippen LogP) is 1.66. The van der Waals surface area contributed by atoms with Gasteiger partial charge in [-0.2, -0.15) is 0 Å². The highest BCUT2D eigenvalue weighted by atomic mass is 32.2. The smallest absolute Gasteiger partial charge is 0.290 e. The van der Waals surface area contributed by atoms with E-state index in [1.165, 1.54) is 0 Å². The molecule has 94 valence electrons. The van der Waals surface area contributed by atoms with Gasteiger partial charge in [-0.3, -0.25) is 9.52 Å². The Morgan fingerprint density at radius 3 is 2.29 bits per heavy atom. The number of halogens is 1. The lowest BCUT2D eigenvalue weighted by Crippen LogP contribution is -2.20. The first-order valence-electron chi connectivity index (χ1n) is 4.88. The molecule has 0 aromatic carbocycles. The molecule has 2 aliphatic rings. The number of carboxylic acid groups (broad SMARTS) is 1. The topological polar surface area (TPSA) is 83.5 Å². The molecule has 2 N–H and O–H groups in total. The lowest BCUT2D eigenvalue weighted by atomic mass is 9.90. The highest BCUT2D eigenvalue weighted by molar-refractivity contribution is 7.92. The quantitative estimate of drug-likeness (QED) is 0.820. The third-order valence-electron chi connectivity index (χ3n) is 2.16. The molecule has 5 nitrogen and oxygen atoms in total. The number of hydrogen-bond acceptors (Lipinski definition) is 3. The molecule has 7 heteroatoms. The second-order valence-electron chi connectivity index (χ2n) is 3.38. The van der Waals surface area contributed by atoms with Gasteiger partial charge >= 0.3 is 0 Å². The number of sulfonamides is 1. The SMILES string of the molecule is CCCS(=O)(=O)Nc1c2ccc-2c1F.O=CO. The molecule has 0 radical (unpaired) electrons. The number of nitrogens with one attached hydrogen (secondary N) is 1. The van der Waals surface area contributed by atoms with E-state index in [0.717, 1.165) is 0 Å². The Bertz CT molecular complexity index is 527. The Kier molecular flexibility index (Phi) is 4.06. The van der Waals surface area contributed by atoms with E-state index in [1.807, 2.05) is 0 Å². The zero-order valence-electron chi connectivity index (χ0n) is 9.10. The summed E-state index contributed by atoms with van der Waals surface area (Å²) in [6.45, 7) is 1.51. The van der Waals surface area contributed by atoms with Crippen LogP contribution < -0.4 is 4.72 Å². The van der Waals surface area contributed by atoms with Crippen molar-refractivity contribution >= 4 is 22.2 Å². The van der Waals surface area contributed by atoms with E-state index in [-0.39, 0.29) is 17.9 Å². The molecule has 0 bridgehead atoms. The maximum Gasteiger partial charge on any atom is 0.290 e. The first-order chi connectivity index (χ1) is 7.96. The van der Waals surface area contributed by atoms with Crippen molar-refractivity contribution in [2.75, 3.05) is 10.5 Å². The number of hydrogen-bond donors (Lipinski definition) is 2.